The maximum Gasteiger partial charge on any atom is 0.253 e. The number of carbonyl (C=O) groups is 2. The van der Waals surface area contributed by atoms with Crippen LogP contribution >= 0.6 is 0 Å². The van der Waals surface area contributed by atoms with Gasteiger partial charge in [0, 0.05) is 43.8 Å². The number of anilines is 1. The molecule has 0 saturated carbocycles. The Labute approximate surface area is 140 Å². The van der Waals surface area contributed by atoms with Crippen molar-refractivity contribution in [2.75, 3.05) is 24.5 Å². The van der Waals surface area contributed by atoms with Crippen LogP contribution < -0.4 is 4.90 Å². The third kappa shape index (κ3) is 2.35. The van der Waals surface area contributed by atoms with Gasteiger partial charge in [-0.3, -0.25) is 19.6 Å². The molecule has 4 heterocycles. The van der Waals surface area contributed by atoms with Gasteiger partial charge in [0.2, 0.25) is 5.91 Å². The van der Waals surface area contributed by atoms with Crippen molar-refractivity contribution in [1.82, 2.24) is 14.9 Å². The van der Waals surface area contributed by atoms with Gasteiger partial charge < -0.3 is 9.80 Å². The lowest BCUT2D eigenvalue weighted by molar-refractivity contribution is -0.124. The molecule has 2 aromatic rings. The first-order valence-electron chi connectivity index (χ1n) is 8.11. The summed E-state index contributed by atoms with van der Waals surface area (Å²) in [6.45, 7) is 1.79. The van der Waals surface area contributed by atoms with E-state index >= 15 is 0 Å². The quantitative estimate of drug-likeness (QED) is 0.845. The molecular weight excluding hydrogens is 304 g/mol. The van der Waals surface area contributed by atoms with E-state index in [2.05, 4.69) is 9.97 Å². The van der Waals surface area contributed by atoms with E-state index in [1.165, 1.54) is 0 Å². The summed E-state index contributed by atoms with van der Waals surface area (Å²) in [4.78, 5) is 37.2. The zero-order valence-electron chi connectivity index (χ0n) is 13.3. The molecule has 6 nitrogen and oxygen atoms in total. The first-order valence-corrected chi connectivity index (χ1v) is 8.11. The monoisotopic (exact) mass is 322 g/mol. The van der Waals surface area contributed by atoms with E-state index in [-0.39, 0.29) is 11.8 Å². The lowest BCUT2D eigenvalue weighted by Gasteiger charge is -2.23. The molecule has 6 heteroatoms. The van der Waals surface area contributed by atoms with Gasteiger partial charge in [0.05, 0.1) is 17.3 Å². The summed E-state index contributed by atoms with van der Waals surface area (Å²) in [5.41, 5.74) is 1.01. The van der Waals surface area contributed by atoms with Crippen molar-refractivity contribution in [3.8, 4) is 0 Å². The third-order valence-corrected chi connectivity index (χ3v) is 5.04. The molecule has 0 bridgehead atoms. The molecule has 0 radical (unpaired) electrons. The number of pyridine rings is 2. The van der Waals surface area contributed by atoms with E-state index in [9.17, 15) is 9.59 Å². The van der Waals surface area contributed by atoms with Crippen LogP contribution in [-0.2, 0) is 4.79 Å². The Morgan fingerprint density at radius 2 is 1.83 bits per heavy atom. The van der Waals surface area contributed by atoms with Crippen LogP contribution in [0.5, 0.6) is 0 Å². The fourth-order valence-electron chi connectivity index (χ4n) is 3.68. The molecule has 2 aliphatic heterocycles. The summed E-state index contributed by atoms with van der Waals surface area (Å²) >= 11 is 0. The molecule has 24 heavy (non-hydrogen) atoms. The molecule has 1 atom stereocenters. The van der Waals surface area contributed by atoms with Gasteiger partial charge in [-0.25, -0.2) is 0 Å². The summed E-state index contributed by atoms with van der Waals surface area (Å²) in [7, 11) is 0. The average molecular weight is 322 g/mol. The largest absolute Gasteiger partial charge is 0.338 e. The van der Waals surface area contributed by atoms with Crippen LogP contribution in [0.25, 0.3) is 0 Å². The van der Waals surface area contributed by atoms with Crippen molar-refractivity contribution in [2.24, 2.45) is 5.41 Å². The second-order valence-electron chi connectivity index (χ2n) is 6.41. The van der Waals surface area contributed by atoms with Crippen LogP contribution in [0.3, 0.4) is 0 Å². The highest BCUT2D eigenvalue weighted by Gasteiger charge is 2.52. The van der Waals surface area contributed by atoms with Gasteiger partial charge in [-0.1, -0.05) is 0 Å². The Balaban J connectivity index is 1.52. The van der Waals surface area contributed by atoms with Gasteiger partial charge in [-0.05, 0) is 37.1 Å². The minimum Gasteiger partial charge on any atom is -0.338 e. The van der Waals surface area contributed by atoms with Crippen LogP contribution in [-0.4, -0.2) is 46.3 Å². The molecule has 2 amide bonds. The standard InChI is InChI=1S/C18H18N4O2/c23-16(14-3-8-19-9-4-14)21-10-5-18(13-21)6-11-22(17(18)24)15-2-1-7-20-12-15/h1-4,7-9,12H,5-6,10-11,13H2/t18-/m0/s1. The maximum atomic E-state index is 13.0. The summed E-state index contributed by atoms with van der Waals surface area (Å²) in [5.74, 6) is 0.0856. The maximum absolute atomic E-state index is 13.0. The van der Waals surface area contributed by atoms with Crippen molar-refractivity contribution < 1.29 is 9.59 Å². The molecular formula is C18H18N4O2. The predicted molar refractivity (Wildman–Crippen MR) is 88.4 cm³/mol. The number of carbonyl (C=O) groups excluding carboxylic acids is 2. The zero-order chi connectivity index (χ0) is 16.6. The van der Waals surface area contributed by atoms with E-state index in [1.807, 2.05) is 12.1 Å². The lowest BCUT2D eigenvalue weighted by Crippen LogP contribution is -2.38. The highest BCUT2D eigenvalue weighted by Crippen LogP contribution is 2.42. The molecule has 2 fully saturated rings. The van der Waals surface area contributed by atoms with Crippen LogP contribution in [0.1, 0.15) is 23.2 Å². The second-order valence-corrected chi connectivity index (χ2v) is 6.41. The number of amides is 2. The van der Waals surface area contributed by atoms with E-state index < -0.39 is 5.41 Å². The number of aromatic nitrogens is 2. The van der Waals surface area contributed by atoms with Crippen molar-refractivity contribution in [1.29, 1.82) is 0 Å². The van der Waals surface area contributed by atoms with Crippen molar-refractivity contribution in [3.05, 3.63) is 54.6 Å². The van der Waals surface area contributed by atoms with E-state index in [0.717, 1.165) is 18.5 Å². The van der Waals surface area contributed by atoms with Gasteiger partial charge in [0.25, 0.3) is 5.91 Å². The number of hydrogen-bond acceptors (Lipinski definition) is 4. The van der Waals surface area contributed by atoms with Gasteiger partial charge in [0.15, 0.2) is 0 Å². The number of hydrogen-bond donors (Lipinski definition) is 0. The van der Waals surface area contributed by atoms with Gasteiger partial charge >= 0.3 is 0 Å². The van der Waals surface area contributed by atoms with E-state index in [0.29, 0.717) is 25.2 Å². The van der Waals surface area contributed by atoms with Crippen molar-refractivity contribution >= 4 is 17.5 Å². The number of rotatable bonds is 2. The van der Waals surface area contributed by atoms with Gasteiger partial charge in [-0.2, -0.15) is 0 Å². The lowest BCUT2D eigenvalue weighted by atomic mass is 9.85. The third-order valence-electron chi connectivity index (χ3n) is 5.04. The summed E-state index contributed by atoms with van der Waals surface area (Å²) in [5, 5.41) is 0. The first kappa shape index (κ1) is 14.8. The summed E-state index contributed by atoms with van der Waals surface area (Å²) in [6.07, 6.45) is 8.14. The second kappa shape index (κ2) is 5.70. The molecule has 0 aromatic carbocycles. The predicted octanol–water partition coefficient (Wildman–Crippen LogP) is 1.75. The SMILES string of the molecule is O=C(c1ccncc1)N1CC[C@]2(CCN(c3cccnc3)C2=O)C1. The summed E-state index contributed by atoms with van der Waals surface area (Å²) < 4.78 is 0. The molecule has 122 valence electrons. The minimum atomic E-state index is -0.446. The fraction of sp³-hybridized carbons (Fsp3) is 0.333. The minimum absolute atomic E-state index is 0.0260. The molecule has 1 spiro atoms. The molecule has 4 rings (SSSR count). The molecule has 2 aromatic heterocycles. The van der Waals surface area contributed by atoms with Crippen molar-refractivity contribution in [3.63, 3.8) is 0 Å². The average Bonchev–Trinajstić information content (AvgIpc) is 3.21. The topological polar surface area (TPSA) is 66.4 Å². The van der Waals surface area contributed by atoms with Crippen LogP contribution in [0.15, 0.2) is 49.1 Å². The smallest absolute Gasteiger partial charge is 0.253 e. The Kier molecular flexibility index (Phi) is 3.52. The number of likely N-dealkylation sites (tertiary alicyclic amines) is 1. The van der Waals surface area contributed by atoms with E-state index in [1.54, 1.807) is 46.7 Å². The van der Waals surface area contributed by atoms with Crippen LogP contribution in [0.2, 0.25) is 0 Å². The Morgan fingerprint density at radius 3 is 2.58 bits per heavy atom. The Morgan fingerprint density at radius 1 is 1.04 bits per heavy atom. The molecule has 2 aliphatic rings. The van der Waals surface area contributed by atoms with Crippen LogP contribution in [0.4, 0.5) is 5.69 Å². The molecule has 0 N–H and O–H groups in total. The highest BCUT2D eigenvalue weighted by atomic mass is 16.2. The molecule has 2 saturated heterocycles. The van der Waals surface area contributed by atoms with Gasteiger partial charge in [-0.15, -0.1) is 0 Å². The highest BCUT2D eigenvalue weighted by molar-refractivity contribution is 6.01. The fourth-order valence-corrected chi connectivity index (χ4v) is 3.68. The van der Waals surface area contributed by atoms with Crippen molar-refractivity contribution in [2.45, 2.75) is 12.8 Å². The zero-order valence-corrected chi connectivity index (χ0v) is 13.3. The molecule has 0 unspecified atom stereocenters. The summed E-state index contributed by atoms with van der Waals surface area (Å²) in [6, 6.07) is 7.16. The Hall–Kier alpha value is -2.76. The molecule has 0 aliphatic carbocycles. The normalized spacial score (nSPS) is 23.2. The first-order chi connectivity index (χ1) is 11.7. The number of nitrogens with zero attached hydrogens (tertiary/aromatic N) is 4. The van der Waals surface area contributed by atoms with Crippen LogP contribution in [0, 0.1) is 5.41 Å². The van der Waals surface area contributed by atoms with E-state index in [4.69, 9.17) is 0 Å². The van der Waals surface area contributed by atoms with Gasteiger partial charge in [0.1, 0.15) is 0 Å². The Bertz CT molecular complexity index is 765.